The van der Waals surface area contributed by atoms with E-state index in [2.05, 4.69) is 47.2 Å². The van der Waals surface area contributed by atoms with Gasteiger partial charge in [-0.1, -0.05) is 30.3 Å². The van der Waals surface area contributed by atoms with Crippen molar-refractivity contribution in [1.82, 2.24) is 9.80 Å². The maximum atomic E-state index is 2.80. The molecule has 4 heterocycles. The first-order valence-corrected chi connectivity index (χ1v) is 7.33. The van der Waals surface area contributed by atoms with Gasteiger partial charge in [0.25, 0.3) is 0 Å². The highest BCUT2D eigenvalue weighted by molar-refractivity contribution is 5.16. The number of hydrogen-bond donors (Lipinski definition) is 0. The van der Waals surface area contributed by atoms with Crippen molar-refractivity contribution in [3.8, 4) is 0 Å². The van der Waals surface area contributed by atoms with Crippen LogP contribution in [0.2, 0.25) is 0 Å². The van der Waals surface area contributed by atoms with Crippen molar-refractivity contribution in [2.75, 3.05) is 7.05 Å². The van der Waals surface area contributed by atoms with Gasteiger partial charge in [-0.05, 0) is 38.3 Å². The number of piperidine rings is 4. The van der Waals surface area contributed by atoms with E-state index in [1.807, 2.05) is 0 Å². The van der Waals surface area contributed by atoms with E-state index in [1.54, 1.807) is 0 Å². The summed E-state index contributed by atoms with van der Waals surface area (Å²) in [6.45, 7) is 1.17. The maximum absolute atomic E-state index is 2.80. The zero-order valence-corrected chi connectivity index (χ0v) is 11.1. The molecule has 4 bridgehead atoms. The molecule has 0 spiro atoms. The lowest BCUT2D eigenvalue weighted by atomic mass is 9.73. The highest BCUT2D eigenvalue weighted by Crippen LogP contribution is 2.44. The number of nitrogens with zero attached hydrogens (tertiary/aromatic N) is 2. The van der Waals surface area contributed by atoms with Crippen LogP contribution in [0.4, 0.5) is 0 Å². The highest BCUT2D eigenvalue weighted by Gasteiger charge is 2.49. The van der Waals surface area contributed by atoms with E-state index in [9.17, 15) is 0 Å². The third-order valence-electron chi connectivity index (χ3n) is 5.47. The predicted molar refractivity (Wildman–Crippen MR) is 73.4 cm³/mol. The molecular weight excluding hydrogens is 220 g/mol. The summed E-state index contributed by atoms with van der Waals surface area (Å²) in [6.07, 6.45) is 5.60. The van der Waals surface area contributed by atoms with E-state index in [0.29, 0.717) is 0 Å². The molecule has 4 aliphatic heterocycles. The Morgan fingerprint density at radius 2 is 1.44 bits per heavy atom. The fourth-order valence-corrected chi connectivity index (χ4v) is 4.50. The van der Waals surface area contributed by atoms with Crippen molar-refractivity contribution in [2.45, 2.75) is 56.4 Å². The number of hydrogen-bond acceptors (Lipinski definition) is 2. The zero-order chi connectivity index (χ0) is 12.1. The number of rotatable bonds is 2. The lowest BCUT2D eigenvalue weighted by Gasteiger charge is -2.60. The summed E-state index contributed by atoms with van der Waals surface area (Å²) < 4.78 is 0. The Morgan fingerprint density at radius 3 is 2.00 bits per heavy atom. The van der Waals surface area contributed by atoms with Gasteiger partial charge in [-0.25, -0.2) is 0 Å². The lowest BCUT2D eigenvalue weighted by molar-refractivity contribution is -0.0996. The van der Waals surface area contributed by atoms with Crippen LogP contribution >= 0.6 is 0 Å². The topological polar surface area (TPSA) is 6.48 Å². The molecule has 96 valence electrons. The second kappa shape index (κ2) is 4.07. The van der Waals surface area contributed by atoms with Gasteiger partial charge >= 0.3 is 0 Å². The zero-order valence-electron chi connectivity index (χ0n) is 11.1. The molecule has 4 saturated heterocycles. The Balaban J connectivity index is 1.54. The Morgan fingerprint density at radius 1 is 0.889 bits per heavy atom. The first-order chi connectivity index (χ1) is 8.81. The molecule has 2 nitrogen and oxygen atoms in total. The van der Waals surface area contributed by atoms with E-state index in [-0.39, 0.29) is 0 Å². The predicted octanol–water partition coefficient (Wildman–Crippen LogP) is 2.50. The molecule has 0 aliphatic carbocycles. The van der Waals surface area contributed by atoms with Gasteiger partial charge < -0.3 is 4.90 Å². The van der Waals surface area contributed by atoms with Crippen LogP contribution in [-0.4, -0.2) is 41.0 Å². The van der Waals surface area contributed by atoms with Crippen molar-refractivity contribution >= 4 is 0 Å². The first-order valence-electron chi connectivity index (χ1n) is 7.33. The van der Waals surface area contributed by atoms with Crippen molar-refractivity contribution in [3.05, 3.63) is 35.9 Å². The fraction of sp³-hybridized carbons (Fsp3) is 0.625. The molecule has 4 aliphatic rings. The molecule has 1 aromatic rings. The minimum Gasteiger partial charge on any atom is -0.300 e. The lowest BCUT2D eigenvalue weighted by Crippen LogP contribution is -2.67. The van der Waals surface area contributed by atoms with Crippen molar-refractivity contribution < 1.29 is 0 Å². The van der Waals surface area contributed by atoms with E-state index in [0.717, 1.165) is 24.2 Å². The summed E-state index contributed by atoms with van der Waals surface area (Å²) in [4.78, 5) is 5.46. The Hall–Kier alpha value is -0.860. The first kappa shape index (κ1) is 11.0. The summed E-state index contributed by atoms with van der Waals surface area (Å²) in [7, 11) is 2.34. The Kier molecular flexibility index (Phi) is 2.49. The normalized spacial score (nSPS) is 39.4. The third kappa shape index (κ3) is 1.63. The van der Waals surface area contributed by atoms with Crippen LogP contribution in [0.3, 0.4) is 0 Å². The monoisotopic (exact) mass is 242 g/mol. The average molecular weight is 242 g/mol. The largest absolute Gasteiger partial charge is 0.300 e. The molecule has 0 N–H and O–H groups in total. The number of benzene rings is 1. The molecule has 5 rings (SSSR count). The van der Waals surface area contributed by atoms with Crippen LogP contribution in [0.1, 0.15) is 31.2 Å². The van der Waals surface area contributed by atoms with Crippen LogP contribution in [-0.2, 0) is 6.54 Å². The van der Waals surface area contributed by atoms with E-state index >= 15 is 0 Å². The Labute approximate surface area is 110 Å². The highest BCUT2D eigenvalue weighted by atomic mass is 15.3. The molecule has 0 radical (unpaired) electrons. The summed E-state index contributed by atoms with van der Waals surface area (Å²) in [5, 5.41) is 0. The summed E-state index contributed by atoms with van der Waals surface area (Å²) in [5.74, 6) is 0. The average Bonchev–Trinajstić information content (AvgIpc) is 2.38. The molecule has 18 heavy (non-hydrogen) atoms. The van der Waals surface area contributed by atoms with Gasteiger partial charge in [0, 0.05) is 30.7 Å². The van der Waals surface area contributed by atoms with E-state index < -0.39 is 0 Å². The van der Waals surface area contributed by atoms with Gasteiger partial charge in [-0.2, -0.15) is 0 Å². The summed E-state index contributed by atoms with van der Waals surface area (Å²) in [5.41, 5.74) is 1.48. The molecule has 1 aromatic carbocycles. The van der Waals surface area contributed by atoms with Gasteiger partial charge in [-0.15, -0.1) is 0 Å². The smallest absolute Gasteiger partial charge is 0.0239 e. The second-order valence-corrected chi connectivity index (χ2v) is 6.38. The van der Waals surface area contributed by atoms with Gasteiger partial charge in [0.2, 0.25) is 0 Å². The minimum absolute atomic E-state index is 0.851. The fourth-order valence-electron chi connectivity index (χ4n) is 4.50. The SMILES string of the molecule is CN1C2CC3CC1CC(C2)N3Cc1ccccc1. The molecule has 0 saturated carbocycles. The van der Waals surface area contributed by atoms with Crippen LogP contribution in [0.25, 0.3) is 0 Å². The quantitative estimate of drug-likeness (QED) is 0.786. The van der Waals surface area contributed by atoms with Crippen LogP contribution in [0.15, 0.2) is 30.3 Å². The molecule has 0 unspecified atom stereocenters. The second-order valence-electron chi connectivity index (χ2n) is 6.38. The molecule has 0 aromatic heterocycles. The third-order valence-corrected chi connectivity index (χ3v) is 5.47. The van der Waals surface area contributed by atoms with E-state index in [4.69, 9.17) is 0 Å². The van der Waals surface area contributed by atoms with Crippen LogP contribution < -0.4 is 0 Å². The summed E-state index contributed by atoms with van der Waals surface area (Å²) >= 11 is 0. The van der Waals surface area contributed by atoms with Gasteiger partial charge in [0.1, 0.15) is 0 Å². The van der Waals surface area contributed by atoms with Gasteiger partial charge in [0.15, 0.2) is 0 Å². The molecule has 0 atom stereocenters. The van der Waals surface area contributed by atoms with Crippen LogP contribution in [0.5, 0.6) is 0 Å². The molecule has 4 fully saturated rings. The molecule has 2 heteroatoms. The minimum atomic E-state index is 0.851. The summed E-state index contributed by atoms with van der Waals surface area (Å²) in [6, 6.07) is 14.5. The standard InChI is InChI=1S/C16H22N2/c1-17-13-7-15-9-14(17)10-16(8-13)18(15)11-12-5-3-2-4-6-12/h2-6,13-16H,7-11H2,1H3. The molecular formula is C16H22N2. The Bertz CT molecular complexity index is 398. The van der Waals surface area contributed by atoms with E-state index in [1.165, 1.54) is 37.8 Å². The van der Waals surface area contributed by atoms with Crippen LogP contribution in [0, 0.1) is 0 Å². The van der Waals surface area contributed by atoms with Crippen molar-refractivity contribution in [2.24, 2.45) is 0 Å². The van der Waals surface area contributed by atoms with Crippen molar-refractivity contribution in [1.29, 1.82) is 0 Å². The van der Waals surface area contributed by atoms with Crippen molar-refractivity contribution in [3.63, 3.8) is 0 Å². The maximum Gasteiger partial charge on any atom is 0.0239 e. The van der Waals surface area contributed by atoms with Gasteiger partial charge in [0.05, 0.1) is 0 Å². The molecule has 0 amide bonds. The van der Waals surface area contributed by atoms with Gasteiger partial charge in [-0.3, -0.25) is 4.90 Å².